The monoisotopic (exact) mass is 383 g/mol. The van der Waals surface area contributed by atoms with Gasteiger partial charge in [0.15, 0.2) is 0 Å². The first-order chi connectivity index (χ1) is 14.1. The Morgan fingerprint density at radius 1 is 0.793 bits per heavy atom. The van der Waals surface area contributed by atoms with E-state index in [4.69, 9.17) is 0 Å². The molecule has 0 aliphatic heterocycles. The smallest absolute Gasteiger partial charge is 0.244 e. The van der Waals surface area contributed by atoms with Gasteiger partial charge < -0.3 is 15.2 Å². The number of amides is 2. The minimum atomic E-state index is -0.130. The van der Waals surface area contributed by atoms with Crippen LogP contribution in [-0.2, 0) is 16.1 Å². The molecule has 4 rings (SSSR count). The second kappa shape index (κ2) is 8.02. The molecule has 1 heterocycles. The van der Waals surface area contributed by atoms with Crippen LogP contribution < -0.4 is 10.6 Å². The molecule has 4 aromatic rings. The summed E-state index contributed by atoms with van der Waals surface area (Å²) in [7, 11) is 0. The van der Waals surface area contributed by atoms with Crippen LogP contribution in [0.2, 0.25) is 0 Å². The molecule has 3 aromatic carbocycles. The second-order valence-corrected chi connectivity index (χ2v) is 6.85. The van der Waals surface area contributed by atoms with Crippen molar-refractivity contribution in [3.8, 4) is 11.3 Å². The zero-order valence-electron chi connectivity index (χ0n) is 16.1. The van der Waals surface area contributed by atoms with Crippen LogP contribution in [0.25, 0.3) is 22.2 Å². The number of rotatable bonds is 5. The Hall–Kier alpha value is -3.86. The van der Waals surface area contributed by atoms with Crippen molar-refractivity contribution >= 4 is 34.1 Å². The highest BCUT2D eigenvalue weighted by molar-refractivity contribution is 5.94. The van der Waals surface area contributed by atoms with Gasteiger partial charge in [-0.15, -0.1) is 0 Å². The average Bonchev–Trinajstić information content (AvgIpc) is 3.08. The number of nitrogens with zero attached hydrogens (tertiary/aromatic N) is 1. The molecule has 2 N–H and O–H groups in total. The third kappa shape index (κ3) is 4.19. The van der Waals surface area contributed by atoms with Crippen LogP contribution in [-0.4, -0.2) is 16.4 Å². The number of carbonyl (C=O) groups excluding carboxylic acids is 2. The Kier molecular flexibility index (Phi) is 5.12. The fraction of sp³-hybridized carbons (Fsp3) is 0.0833. The van der Waals surface area contributed by atoms with Gasteiger partial charge in [0.2, 0.25) is 11.8 Å². The highest BCUT2D eigenvalue weighted by Gasteiger charge is 2.13. The van der Waals surface area contributed by atoms with E-state index in [1.165, 1.54) is 6.92 Å². The van der Waals surface area contributed by atoms with E-state index in [1.807, 2.05) is 53.1 Å². The number of benzene rings is 3. The molecule has 29 heavy (non-hydrogen) atoms. The molecule has 0 spiro atoms. The summed E-state index contributed by atoms with van der Waals surface area (Å²) in [5, 5.41) is 6.74. The van der Waals surface area contributed by atoms with E-state index in [-0.39, 0.29) is 18.4 Å². The number of carbonyl (C=O) groups is 2. The summed E-state index contributed by atoms with van der Waals surface area (Å²) in [6.45, 7) is 1.66. The molecular formula is C24H21N3O2. The Bertz CT molecular complexity index is 1160. The lowest BCUT2D eigenvalue weighted by Crippen LogP contribution is -2.19. The van der Waals surface area contributed by atoms with Crippen molar-refractivity contribution in [2.75, 3.05) is 10.6 Å². The van der Waals surface area contributed by atoms with Crippen molar-refractivity contribution in [2.24, 2.45) is 0 Å². The molecule has 0 saturated heterocycles. The fourth-order valence-electron chi connectivity index (χ4n) is 3.41. The lowest BCUT2D eigenvalue weighted by molar-refractivity contribution is -0.116. The van der Waals surface area contributed by atoms with E-state index < -0.39 is 0 Å². The van der Waals surface area contributed by atoms with Gasteiger partial charge in [-0.1, -0.05) is 48.5 Å². The molecule has 0 fully saturated rings. The number of fused-ring (bicyclic) bond motifs is 1. The summed E-state index contributed by atoms with van der Waals surface area (Å²) in [5.74, 6) is -0.245. The van der Waals surface area contributed by atoms with E-state index in [9.17, 15) is 9.59 Å². The van der Waals surface area contributed by atoms with Gasteiger partial charge in [-0.2, -0.15) is 0 Å². The standard InChI is InChI=1S/C24H21N3O2/c1-17(28)25-20-11-13-21(14-12-20)26-24(29)16-27-22-10-6-5-9-19(22)15-23(27)18-7-3-2-4-8-18/h2-15H,16H2,1H3,(H,25,28)(H,26,29). The highest BCUT2D eigenvalue weighted by Crippen LogP contribution is 2.28. The second-order valence-electron chi connectivity index (χ2n) is 6.85. The summed E-state index contributed by atoms with van der Waals surface area (Å²) in [4.78, 5) is 23.9. The van der Waals surface area contributed by atoms with Crippen LogP contribution in [0, 0.1) is 0 Å². The van der Waals surface area contributed by atoms with Gasteiger partial charge in [0, 0.05) is 34.9 Å². The molecule has 144 valence electrons. The minimum Gasteiger partial charge on any atom is -0.331 e. The average molecular weight is 383 g/mol. The number of hydrogen-bond donors (Lipinski definition) is 2. The summed E-state index contributed by atoms with van der Waals surface area (Å²) >= 11 is 0. The number of nitrogens with one attached hydrogen (secondary N) is 2. The molecule has 1 aromatic heterocycles. The van der Waals surface area contributed by atoms with Gasteiger partial charge in [-0.25, -0.2) is 0 Å². The highest BCUT2D eigenvalue weighted by atomic mass is 16.2. The molecule has 0 radical (unpaired) electrons. The predicted octanol–water partition coefficient (Wildman–Crippen LogP) is 4.91. The first kappa shape index (κ1) is 18.5. The molecule has 0 atom stereocenters. The van der Waals surface area contributed by atoms with Crippen molar-refractivity contribution < 1.29 is 9.59 Å². The first-order valence-electron chi connectivity index (χ1n) is 9.41. The van der Waals surface area contributed by atoms with Crippen LogP contribution >= 0.6 is 0 Å². The van der Waals surface area contributed by atoms with Gasteiger partial charge in [0.1, 0.15) is 6.54 Å². The van der Waals surface area contributed by atoms with Crippen molar-refractivity contribution in [2.45, 2.75) is 13.5 Å². The van der Waals surface area contributed by atoms with Crippen LogP contribution in [0.5, 0.6) is 0 Å². The molecular weight excluding hydrogens is 362 g/mol. The van der Waals surface area contributed by atoms with Crippen LogP contribution in [0.15, 0.2) is 84.9 Å². The van der Waals surface area contributed by atoms with E-state index in [0.29, 0.717) is 11.4 Å². The van der Waals surface area contributed by atoms with E-state index >= 15 is 0 Å². The fourth-order valence-corrected chi connectivity index (χ4v) is 3.41. The Morgan fingerprint density at radius 2 is 1.41 bits per heavy atom. The van der Waals surface area contributed by atoms with Crippen molar-refractivity contribution in [3.63, 3.8) is 0 Å². The lowest BCUT2D eigenvalue weighted by Gasteiger charge is -2.12. The lowest BCUT2D eigenvalue weighted by atomic mass is 10.1. The molecule has 0 aliphatic carbocycles. The number of para-hydroxylation sites is 1. The SMILES string of the molecule is CC(=O)Nc1ccc(NC(=O)Cn2c(-c3ccccc3)cc3ccccc32)cc1. The maximum Gasteiger partial charge on any atom is 0.244 e. The van der Waals surface area contributed by atoms with Crippen molar-refractivity contribution in [1.82, 2.24) is 4.57 Å². The zero-order valence-corrected chi connectivity index (χ0v) is 16.1. The Labute approximate surface area is 169 Å². The minimum absolute atomic E-state index is 0.115. The summed E-state index contributed by atoms with van der Waals surface area (Å²) in [6.07, 6.45) is 0. The van der Waals surface area contributed by atoms with Gasteiger partial charge in [-0.3, -0.25) is 9.59 Å². The number of aromatic nitrogens is 1. The number of hydrogen-bond acceptors (Lipinski definition) is 2. The summed E-state index contributed by atoms with van der Waals surface area (Å²) < 4.78 is 2.03. The molecule has 0 unspecified atom stereocenters. The third-order valence-corrected chi connectivity index (χ3v) is 4.67. The Balaban J connectivity index is 1.58. The molecule has 0 bridgehead atoms. The van der Waals surface area contributed by atoms with Gasteiger partial charge in [0.05, 0.1) is 0 Å². The quantitative estimate of drug-likeness (QED) is 0.515. The maximum atomic E-state index is 12.8. The third-order valence-electron chi connectivity index (χ3n) is 4.67. The summed E-state index contributed by atoms with van der Waals surface area (Å²) in [6, 6.07) is 27.3. The predicted molar refractivity (Wildman–Crippen MR) is 117 cm³/mol. The van der Waals surface area contributed by atoms with Crippen LogP contribution in [0.3, 0.4) is 0 Å². The normalized spacial score (nSPS) is 10.7. The van der Waals surface area contributed by atoms with Crippen LogP contribution in [0.4, 0.5) is 11.4 Å². The molecule has 2 amide bonds. The van der Waals surface area contributed by atoms with Crippen molar-refractivity contribution in [1.29, 1.82) is 0 Å². The number of anilines is 2. The van der Waals surface area contributed by atoms with Gasteiger partial charge >= 0.3 is 0 Å². The van der Waals surface area contributed by atoms with E-state index in [0.717, 1.165) is 22.2 Å². The van der Waals surface area contributed by atoms with Gasteiger partial charge in [0.25, 0.3) is 0 Å². The molecule has 0 aliphatic rings. The van der Waals surface area contributed by atoms with E-state index in [1.54, 1.807) is 24.3 Å². The largest absolute Gasteiger partial charge is 0.331 e. The topological polar surface area (TPSA) is 63.1 Å². The van der Waals surface area contributed by atoms with Gasteiger partial charge in [-0.05, 0) is 42.0 Å². The van der Waals surface area contributed by atoms with Crippen molar-refractivity contribution in [3.05, 3.63) is 84.9 Å². The first-order valence-corrected chi connectivity index (χ1v) is 9.41. The summed E-state index contributed by atoms with van der Waals surface area (Å²) in [5.41, 5.74) is 4.46. The zero-order chi connectivity index (χ0) is 20.2. The molecule has 5 nitrogen and oxygen atoms in total. The maximum absolute atomic E-state index is 12.8. The molecule has 0 saturated carbocycles. The van der Waals surface area contributed by atoms with Crippen LogP contribution in [0.1, 0.15) is 6.92 Å². The molecule has 5 heteroatoms. The Morgan fingerprint density at radius 3 is 2.10 bits per heavy atom. The van der Waals surface area contributed by atoms with E-state index in [2.05, 4.69) is 22.8 Å².